The highest BCUT2D eigenvalue weighted by Gasteiger charge is 2.43. The molecule has 0 spiro atoms. The third kappa shape index (κ3) is 4.53. The van der Waals surface area contributed by atoms with E-state index < -0.39 is 22.0 Å². The number of hydrogen-bond donors (Lipinski definition) is 1. The lowest BCUT2D eigenvalue weighted by molar-refractivity contribution is 0.0696. The van der Waals surface area contributed by atoms with Gasteiger partial charge in [-0.3, -0.25) is 4.90 Å². The largest absolute Gasteiger partial charge is 0.497 e. The summed E-state index contributed by atoms with van der Waals surface area (Å²) < 4.78 is 32.1. The standard InChI is InChI=1S/C24H20N2O6S2/c1-16-22-25(15-21(33-22)8-4-6-17-5-3-7-20(13-17)32-2)24(29)26(34(16,30)31)14-18-9-11-19(12-10-18)23(27)28/h3,5,7,9-13,15H,6,14H2,1-2H3,(H,27,28). The van der Waals surface area contributed by atoms with Gasteiger partial charge in [0.25, 0.3) is 10.0 Å². The van der Waals surface area contributed by atoms with Gasteiger partial charge in [0.05, 0.1) is 29.0 Å². The van der Waals surface area contributed by atoms with Gasteiger partial charge in [0, 0.05) is 12.6 Å². The van der Waals surface area contributed by atoms with Crippen LogP contribution in [-0.2, 0) is 23.0 Å². The van der Waals surface area contributed by atoms with Crippen LogP contribution in [0, 0.1) is 11.8 Å². The summed E-state index contributed by atoms with van der Waals surface area (Å²) in [4.78, 5) is 26.0. The molecule has 2 aromatic carbocycles. The zero-order valence-electron chi connectivity index (χ0n) is 18.3. The van der Waals surface area contributed by atoms with E-state index in [4.69, 9.17) is 9.84 Å². The number of amides is 2. The summed E-state index contributed by atoms with van der Waals surface area (Å²) in [5.74, 6) is 5.71. The predicted molar refractivity (Wildman–Crippen MR) is 128 cm³/mol. The highest BCUT2D eigenvalue weighted by Crippen LogP contribution is 2.43. The molecule has 2 amide bonds. The number of aromatic carboxylic acids is 1. The third-order valence-electron chi connectivity index (χ3n) is 5.23. The van der Waals surface area contributed by atoms with Crippen LogP contribution in [0.3, 0.4) is 0 Å². The Morgan fingerprint density at radius 2 is 1.88 bits per heavy atom. The van der Waals surface area contributed by atoms with E-state index in [1.54, 1.807) is 13.3 Å². The number of carbonyl (C=O) groups excluding carboxylic acids is 1. The fourth-order valence-corrected chi connectivity index (χ4v) is 5.95. The first kappa shape index (κ1) is 23.5. The van der Waals surface area contributed by atoms with Gasteiger partial charge in [-0.2, -0.15) is 0 Å². The number of methoxy groups -OCH3 is 1. The van der Waals surface area contributed by atoms with E-state index in [2.05, 4.69) is 11.8 Å². The SMILES string of the molecule is COc1cccc(CC#CC2=CN3C(=O)N(Cc4ccc(C(=O)O)cc4)S(=O)(=O)C(C)=C3S2)c1. The van der Waals surface area contributed by atoms with Crippen molar-refractivity contribution in [1.82, 2.24) is 9.21 Å². The molecule has 0 aromatic heterocycles. The second-order valence-corrected chi connectivity index (χ2v) is 10.5. The molecule has 0 atom stereocenters. The Labute approximate surface area is 201 Å². The summed E-state index contributed by atoms with van der Waals surface area (Å²) in [6.07, 6.45) is 2.01. The van der Waals surface area contributed by atoms with E-state index in [0.717, 1.165) is 27.4 Å². The number of nitrogens with zero attached hydrogens (tertiary/aromatic N) is 2. The molecular formula is C24H20N2O6S2. The first-order chi connectivity index (χ1) is 16.2. The summed E-state index contributed by atoms with van der Waals surface area (Å²) in [7, 11) is -2.44. The monoisotopic (exact) mass is 496 g/mol. The summed E-state index contributed by atoms with van der Waals surface area (Å²) in [5.41, 5.74) is 1.54. The van der Waals surface area contributed by atoms with Gasteiger partial charge in [-0.25, -0.2) is 22.3 Å². The smallest absolute Gasteiger partial charge is 0.343 e. The van der Waals surface area contributed by atoms with E-state index in [-0.39, 0.29) is 17.0 Å². The van der Waals surface area contributed by atoms with Gasteiger partial charge in [0.15, 0.2) is 0 Å². The molecule has 4 rings (SSSR count). The Hall–Kier alpha value is -3.68. The number of urea groups is 1. The first-order valence-corrected chi connectivity index (χ1v) is 12.4. The van der Waals surface area contributed by atoms with Gasteiger partial charge in [-0.05, 0) is 42.3 Å². The highest BCUT2D eigenvalue weighted by atomic mass is 32.2. The molecule has 34 heavy (non-hydrogen) atoms. The fourth-order valence-electron chi connectivity index (χ4n) is 3.38. The molecule has 0 unspecified atom stereocenters. The van der Waals surface area contributed by atoms with E-state index >= 15 is 0 Å². The third-order valence-corrected chi connectivity index (χ3v) is 8.32. The van der Waals surface area contributed by atoms with Crippen LogP contribution in [0.1, 0.15) is 28.4 Å². The number of carboxylic acid groups (broad SMARTS) is 1. The summed E-state index contributed by atoms with van der Waals surface area (Å²) >= 11 is 1.14. The summed E-state index contributed by atoms with van der Waals surface area (Å²) in [6.45, 7) is 1.25. The van der Waals surface area contributed by atoms with Gasteiger partial charge in [-0.1, -0.05) is 47.9 Å². The first-order valence-electron chi connectivity index (χ1n) is 10.1. The van der Waals surface area contributed by atoms with Crippen molar-refractivity contribution in [2.24, 2.45) is 0 Å². The minimum absolute atomic E-state index is 0.0556. The van der Waals surface area contributed by atoms with Crippen molar-refractivity contribution in [2.75, 3.05) is 7.11 Å². The molecule has 0 saturated heterocycles. The molecule has 2 aromatic rings. The number of benzene rings is 2. The van der Waals surface area contributed by atoms with Crippen LogP contribution in [0.5, 0.6) is 5.75 Å². The molecule has 0 saturated carbocycles. The number of thioether (sulfide) groups is 1. The van der Waals surface area contributed by atoms with Crippen molar-refractivity contribution in [3.63, 3.8) is 0 Å². The van der Waals surface area contributed by atoms with Crippen molar-refractivity contribution in [3.8, 4) is 17.6 Å². The average molecular weight is 497 g/mol. The molecule has 2 heterocycles. The summed E-state index contributed by atoms with van der Waals surface area (Å²) in [6, 6.07) is 12.6. The number of sulfonamides is 1. The van der Waals surface area contributed by atoms with Gasteiger partial charge >= 0.3 is 12.0 Å². The molecule has 174 valence electrons. The van der Waals surface area contributed by atoms with Gasteiger partial charge in [0.1, 0.15) is 10.8 Å². The number of ether oxygens (including phenoxy) is 1. The molecule has 0 bridgehead atoms. The topological polar surface area (TPSA) is 104 Å². The maximum atomic E-state index is 13.1. The van der Waals surface area contributed by atoms with Crippen LogP contribution in [0.15, 0.2) is 69.6 Å². The zero-order chi connectivity index (χ0) is 24.5. The Bertz CT molecular complexity index is 1400. The molecule has 0 aliphatic carbocycles. The Morgan fingerprint density at radius 3 is 2.56 bits per heavy atom. The van der Waals surface area contributed by atoms with Crippen molar-refractivity contribution in [3.05, 3.63) is 86.3 Å². The van der Waals surface area contributed by atoms with Crippen LogP contribution in [0.2, 0.25) is 0 Å². The lowest BCUT2D eigenvalue weighted by Crippen LogP contribution is -2.46. The molecule has 1 N–H and O–H groups in total. The Kier molecular flexibility index (Phi) is 6.41. The number of hydrogen-bond acceptors (Lipinski definition) is 6. The minimum atomic E-state index is -4.04. The van der Waals surface area contributed by atoms with Crippen LogP contribution in [-0.4, -0.2) is 41.8 Å². The minimum Gasteiger partial charge on any atom is -0.497 e. The molecule has 2 aliphatic rings. The van der Waals surface area contributed by atoms with Crippen molar-refractivity contribution in [1.29, 1.82) is 0 Å². The van der Waals surface area contributed by atoms with Crippen LogP contribution < -0.4 is 4.74 Å². The number of rotatable bonds is 5. The molecule has 2 aliphatic heterocycles. The van der Waals surface area contributed by atoms with Crippen LogP contribution >= 0.6 is 11.8 Å². The zero-order valence-corrected chi connectivity index (χ0v) is 19.9. The van der Waals surface area contributed by atoms with E-state index in [0.29, 0.717) is 21.9 Å². The van der Waals surface area contributed by atoms with Crippen molar-refractivity contribution in [2.45, 2.75) is 19.9 Å². The molecule has 0 radical (unpaired) electrons. The highest BCUT2D eigenvalue weighted by molar-refractivity contribution is 8.08. The predicted octanol–water partition coefficient (Wildman–Crippen LogP) is 3.98. The number of allylic oxidation sites excluding steroid dienone is 2. The second-order valence-electron chi connectivity index (χ2n) is 7.45. The molecular weight excluding hydrogens is 476 g/mol. The lowest BCUT2D eigenvalue weighted by Gasteiger charge is -2.32. The van der Waals surface area contributed by atoms with Crippen LogP contribution in [0.4, 0.5) is 4.79 Å². The van der Waals surface area contributed by atoms with E-state index in [1.165, 1.54) is 36.1 Å². The van der Waals surface area contributed by atoms with Crippen LogP contribution in [0.25, 0.3) is 0 Å². The van der Waals surface area contributed by atoms with Crippen molar-refractivity contribution >= 4 is 33.8 Å². The number of fused-ring (bicyclic) bond motifs is 1. The number of carboxylic acids is 1. The quantitative estimate of drug-likeness (QED) is 0.625. The second kappa shape index (κ2) is 9.29. The van der Waals surface area contributed by atoms with Gasteiger partial charge in [0.2, 0.25) is 0 Å². The van der Waals surface area contributed by atoms with Crippen molar-refractivity contribution < 1.29 is 27.9 Å². The van der Waals surface area contributed by atoms with E-state index in [9.17, 15) is 18.0 Å². The lowest BCUT2D eigenvalue weighted by atomic mass is 10.1. The summed E-state index contributed by atoms with van der Waals surface area (Å²) in [5, 5.41) is 9.35. The van der Waals surface area contributed by atoms with Gasteiger partial charge in [-0.15, -0.1) is 0 Å². The van der Waals surface area contributed by atoms with E-state index in [1.807, 2.05) is 24.3 Å². The molecule has 8 nitrogen and oxygen atoms in total. The Morgan fingerprint density at radius 1 is 1.15 bits per heavy atom. The normalized spacial score (nSPS) is 16.5. The fraction of sp³-hybridized carbons (Fsp3) is 0.167. The maximum absolute atomic E-state index is 13.1. The average Bonchev–Trinajstić information content (AvgIpc) is 3.25. The number of carbonyl (C=O) groups is 2. The Balaban J connectivity index is 1.55. The molecule has 0 fully saturated rings. The van der Waals surface area contributed by atoms with Gasteiger partial charge < -0.3 is 9.84 Å². The maximum Gasteiger partial charge on any atom is 0.343 e. The molecule has 10 heteroatoms.